The third-order valence-corrected chi connectivity index (χ3v) is 8.26. The molecule has 1 spiro atoms. The van der Waals surface area contributed by atoms with Gasteiger partial charge in [0.05, 0.1) is 18.1 Å². The van der Waals surface area contributed by atoms with Gasteiger partial charge in [-0.05, 0) is 43.1 Å². The number of thioether (sulfide) groups is 1. The predicted molar refractivity (Wildman–Crippen MR) is 106 cm³/mol. The summed E-state index contributed by atoms with van der Waals surface area (Å²) >= 11 is 3.59. The van der Waals surface area contributed by atoms with Gasteiger partial charge in [-0.15, -0.1) is 11.3 Å². The second kappa shape index (κ2) is 8.19. The van der Waals surface area contributed by atoms with Gasteiger partial charge in [0.25, 0.3) is 5.91 Å². The molecule has 1 amide bonds. The second-order valence-electron chi connectivity index (χ2n) is 7.43. The maximum Gasteiger partial charge on any atom is 0.261 e. The van der Waals surface area contributed by atoms with Crippen LogP contribution < -0.4 is 5.32 Å². The van der Waals surface area contributed by atoms with E-state index in [1.54, 1.807) is 18.4 Å². The molecule has 0 bridgehead atoms. The fraction of sp³-hybridized carbons (Fsp3) is 0.737. The summed E-state index contributed by atoms with van der Waals surface area (Å²) in [6.07, 6.45) is 4.02. The first-order valence-corrected chi connectivity index (χ1v) is 11.5. The highest BCUT2D eigenvalue weighted by atomic mass is 32.2. The van der Waals surface area contributed by atoms with E-state index in [0.29, 0.717) is 6.04 Å². The molecule has 2 saturated heterocycles. The number of carbonyl (C=O) groups is 1. The Kier molecular flexibility index (Phi) is 5.90. The maximum atomic E-state index is 12.7. The molecule has 4 heterocycles. The number of piperidine rings is 1. The van der Waals surface area contributed by atoms with E-state index < -0.39 is 0 Å². The first kappa shape index (κ1) is 18.7. The summed E-state index contributed by atoms with van der Waals surface area (Å²) in [5.74, 6) is 2.30. The molecule has 0 saturated carbocycles. The van der Waals surface area contributed by atoms with E-state index in [-0.39, 0.29) is 11.5 Å². The van der Waals surface area contributed by atoms with Crippen molar-refractivity contribution in [3.8, 4) is 0 Å². The van der Waals surface area contributed by atoms with Gasteiger partial charge < -0.3 is 19.7 Å². The lowest BCUT2D eigenvalue weighted by molar-refractivity contribution is -0.0963. The van der Waals surface area contributed by atoms with E-state index in [1.165, 1.54) is 10.4 Å². The Bertz CT molecular complexity index is 635. The van der Waals surface area contributed by atoms with Crippen LogP contribution in [0, 0.1) is 0 Å². The Morgan fingerprint density at radius 2 is 2.31 bits per heavy atom. The zero-order valence-electron chi connectivity index (χ0n) is 15.4. The summed E-state index contributed by atoms with van der Waals surface area (Å²) in [5, 5.41) is 3.21. The van der Waals surface area contributed by atoms with Gasteiger partial charge in [0.2, 0.25) is 0 Å². The van der Waals surface area contributed by atoms with Crippen LogP contribution in [0.25, 0.3) is 0 Å². The minimum absolute atomic E-state index is 0.101. The minimum Gasteiger partial charge on any atom is -0.383 e. The Labute approximate surface area is 163 Å². The molecule has 1 aromatic rings. The SMILES string of the molecule is COCCN1CCC2(CC1)OCCc1cc(C(=O)NC3CCSC3)sc12. The largest absolute Gasteiger partial charge is 0.383 e. The molecule has 0 aliphatic carbocycles. The standard InChI is InChI=1S/C19H28N2O3S2/c1-23-10-8-21-6-4-19(5-7-21)17-14(2-9-24-19)12-16(26-17)18(22)20-15-3-11-25-13-15/h12,15H,2-11,13H2,1H3,(H,20,22). The highest BCUT2D eigenvalue weighted by molar-refractivity contribution is 7.99. The van der Waals surface area contributed by atoms with Crippen LogP contribution in [-0.2, 0) is 21.5 Å². The number of amides is 1. The van der Waals surface area contributed by atoms with Crippen LogP contribution in [0.1, 0.15) is 39.4 Å². The van der Waals surface area contributed by atoms with Crippen molar-refractivity contribution in [1.82, 2.24) is 10.2 Å². The number of hydrogen-bond donors (Lipinski definition) is 1. The average molecular weight is 397 g/mol. The first-order chi connectivity index (χ1) is 12.7. The summed E-state index contributed by atoms with van der Waals surface area (Å²) < 4.78 is 11.5. The van der Waals surface area contributed by atoms with Gasteiger partial charge >= 0.3 is 0 Å². The molecule has 1 atom stereocenters. The summed E-state index contributed by atoms with van der Waals surface area (Å²) in [7, 11) is 1.75. The molecule has 5 nitrogen and oxygen atoms in total. The first-order valence-electron chi connectivity index (χ1n) is 9.57. The summed E-state index contributed by atoms with van der Waals surface area (Å²) in [6, 6.07) is 2.46. The summed E-state index contributed by atoms with van der Waals surface area (Å²) in [4.78, 5) is 17.3. The Morgan fingerprint density at radius 3 is 3.04 bits per heavy atom. The van der Waals surface area contributed by atoms with E-state index in [4.69, 9.17) is 9.47 Å². The van der Waals surface area contributed by atoms with E-state index >= 15 is 0 Å². The number of likely N-dealkylation sites (tertiary alicyclic amines) is 1. The van der Waals surface area contributed by atoms with E-state index in [1.807, 2.05) is 11.8 Å². The van der Waals surface area contributed by atoms with Gasteiger partial charge in [-0.25, -0.2) is 0 Å². The van der Waals surface area contributed by atoms with Crippen LogP contribution in [0.15, 0.2) is 6.07 Å². The van der Waals surface area contributed by atoms with Gasteiger partial charge in [-0.2, -0.15) is 11.8 Å². The molecule has 1 aromatic heterocycles. The number of fused-ring (bicyclic) bond motifs is 2. The number of rotatable bonds is 5. The Morgan fingerprint density at radius 1 is 1.46 bits per heavy atom. The zero-order valence-corrected chi connectivity index (χ0v) is 17.1. The fourth-order valence-corrected chi connectivity index (χ4v) is 6.63. The molecule has 4 rings (SSSR count). The molecule has 1 unspecified atom stereocenters. The number of ether oxygens (including phenoxy) is 2. The van der Waals surface area contributed by atoms with Crippen molar-refractivity contribution >= 4 is 29.0 Å². The maximum absolute atomic E-state index is 12.7. The van der Waals surface area contributed by atoms with Crippen LogP contribution in [-0.4, -0.2) is 68.3 Å². The molecule has 0 aromatic carbocycles. The van der Waals surface area contributed by atoms with E-state index in [2.05, 4.69) is 16.3 Å². The highest BCUT2D eigenvalue weighted by Crippen LogP contribution is 2.45. The molecule has 1 N–H and O–H groups in total. The molecule has 3 aliphatic rings. The minimum atomic E-state index is -0.177. The van der Waals surface area contributed by atoms with E-state index in [9.17, 15) is 4.79 Å². The molecular formula is C19H28N2O3S2. The third-order valence-electron chi connectivity index (χ3n) is 5.74. The lowest BCUT2D eigenvalue weighted by Crippen LogP contribution is -2.46. The number of methoxy groups -OCH3 is 1. The number of nitrogens with one attached hydrogen (secondary N) is 1. The van der Waals surface area contributed by atoms with Crippen LogP contribution in [0.3, 0.4) is 0 Å². The number of carbonyl (C=O) groups excluding carboxylic acids is 1. The predicted octanol–water partition coefficient (Wildman–Crippen LogP) is 2.49. The van der Waals surface area contributed by atoms with Gasteiger partial charge in [-0.1, -0.05) is 0 Å². The monoisotopic (exact) mass is 396 g/mol. The summed E-state index contributed by atoms with van der Waals surface area (Å²) in [6.45, 7) is 4.59. The molecule has 2 fully saturated rings. The topological polar surface area (TPSA) is 50.8 Å². The quantitative estimate of drug-likeness (QED) is 0.829. The van der Waals surface area contributed by atoms with Crippen LogP contribution in [0.5, 0.6) is 0 Å². The van der Waals surface area contributed by atoms with Crippen LogP contribution >= 0.6 is 23.1 Å². The molecule has 0 radical (unpaired) electrons. The van der Waals surface area contributed by atoms with Gasteiger partial charge in [0.1, 0.15) is 5.60 Å². The smallest absolute Gasteiger partial charge is 0.261 e. The summed E-state index contributed by atoms with van der Waals surface area (Å²) in [5.41, 5.74) is 1.15. The third kappa shape index (κ3) is 3.83. The van der Waals surface area contributed by atoms with E-state index in [0.717, 1.165) is 74.9 Å². The highest BCUT2D eigenvalue weighted by Gasteiger charge is 2.42. The lowest BCUT2D eigenvalue weighted by Gasteiger charge is -2.43. The molecule has 7 heteroatoms. The lowest BCUT2D eigenvalue weighted by atomic mass is 9.85. The van der Waals surface area contributed by atoms with Crippen molar-refractivity contribution in [1.29, 1.82) is 0 Å². The molecule has 3 aliphatic heterocycles. The average Bonchev–Trinajstić information content (AvgIpc) is 3.32. The van der Waals surface area contributed by atoms with Gasteiger partial charge in [0, 0.05) is 43.4 Å². The molecule has 144 valence electrons. The van der Waals surface area contributed by atoms with Gasteiger partial charge in [0.15, 0.2) is 0 Å². The number of hydrogen-bond acceptors (Lipinski definition) is 6. The van der Waals surface area contributed by atoms with Crippen molar-refractivity contribution in [2.24, 2.45) is 0 Å². The van der Waals surface area contributed by atoms with Crippen LogP contribution in [0.4, 0.5) is 0 Å². The Balaban J connectivity index is 1.46. The van der Waals surface area contributed by atoms with Crippen LogP contribution in [0.2, 0.25) is 0 Å². The molecule has 26 heavy (non-hydrogen) atoms. The zero-order chi connectivity index (χ0) is 18.0. The Hall–Kier alpha value is -0.600. The van der Waals surface area contributed by atoms with Gasteiger partial charge in [-0.3, -0.25) is 4.79 Å². The van der Waals surface area contributed by atoms with Crippen molar-refractivity contribution in [2.45, 2.75) is 37.3 Å². The van der Waals surface area contributed by atoms with Crippen molar-refractivity contribution < 1.29 is 14.3 Å². The number of nitrogens with zero attached hydrogens (tertiary/aromatic N) is 1. The fourth-order valence-electron chi connectivity index (χ4n) is 4.17. The van der Waals surface area contributed by atoms with Crippen molar-refractivity contribution in [3.05, 3.63) is 21.4 Å². The van der Waals surface area contributed by atoms with Crippen molar-refractivity contribution in [2.75, 3.05) is 51.5 Å². The second-order valence-corrected chi connectivity index (χ2v) is 9.63. The normalized spacial score (nSPS) is 25.3. The number of thiophene rings is 1. The molecular weight excluding hydrogens is 368 g/mol. The van der Waals surface area contributed by atoms with Crippen molar-refractivity contribution in [3.63, 3.8) is 0 Å².